The van der Waals surface area contributed by atoms with Crippen LogP contribution in [0.25, 0.3) is 33.9 Å². The van der Waals surface area contributed by atoms with Crippen molar-refractivity contribution in [3.8, 4) is 16.8 Å². The third-order valence-corrected chi connectivity index (χ3v) is 6.27. The molecule has 6 rings (SSSR count). The minimum Gasteiger partial charge on any atom is -0.383 e. The monoisotopic (exact) mass is 446 g/mol. The number of imidazole rings is 1. The number of aromatic nitrogens is 5. The highest BCUT2D eigenvalue weighted by atomic mass is 16.1. The number of nitrogens with one attached hydrogen (secondary N) is 1. The second kappa shape index (κ2) is 7.52. The maximum absolute atomic E-state index is 13.4. The topological polar surface area (TPSA) is 102 Å². The van der Waals surface area contributed by atoms with Gasteiger partial charge in [0.05, 0.1) is 28.5 Å². The highest BCUT2D eigenvalue weighted by Crippen LogP contribution is 2.32. The van der Waals surface area contributed by atoms with E-state index in [4.69, 9.17) is 5.73 Å². The fourth-order valence-electron chi connectivity index (χ4n) is 4.48. The van der Waals surface area contributed by atoms with Crippen LogP contribution in [-0.2, 0) is 6.42 Å². The van der Waals surface area contributed by atoms with Crippen molar-refractivity contribution in [1.82, 2.24) is 24.7 Å². The number of carbonyl (C=O) groups excluding carboxylic acids is 1. The molecule has 0 amide bonds. The Morgan fingerprint density at radius 3 is 2.71 bits per heavy atom. The van der Waals surface area contributed by atoms with Crippen molar-refractivity contribution < 1.29 is 4.79 Å². The Morgan fingerprint density at radius 2 is 1.88 bits per heavy atom. The second-order valence-electron chi connectivity index (χ2n) is 8.66. The van der Waals surface area contributed by atoms with E-state index in [0.717, 1.165) is 50.5 Å². The zero-order chi connectivity index (χ0) is 23.4. The molecule has 0 saturated heterocycles. The number of benzene rings is 2. The van der Waals surface area contributed by atoms with Gasteiger partial charge in [0.1, 0.15) is 11.6 Å². The van der Waals surface area contributed by atoms with Gasteiger partial charge in [0.25, 0.3) is 0 Å². The lowest BCUT2D eigenvalue weighted by Gasteiger charge is -2.06. The number of Topliss-reactive ketones (excluding diaryl/α,β-unsaturated/α-hetero) is 1. The number of aromatic amines is 1. The minimum absolute atomic E-state index is 0.100. The Hall–Kier alpha value is -4.52. The first-order valence-electron chi connectivity index (χ1n) is 11.1. The normalized spacial score (nSPS) is 12.7. The van der Waals surface area contributed by atoms with Gasteiger partial charge < -0.3 is 10.7 Å². The molecule has 0 radical (unpaired) electrons. The zero-order valence-electron chi connectivity index (χ0n) is 18.8. The summed E-state index contributed by atoms with van der Waals surface area (Å²) in [5.74, 6) is 1.06. The van der Waals surface area contributed by atoms with Gasteiger partial charge in [0, 0.05) is 29.4 Å². The summed E-state index contributed by atoms with van der Waals surface area (Å²) < 4.78 is 1.59. The van der Waals surface area contributed by atoms with Gasteiger partial charge in [-0.25, -0.2) is 9.67 Å². The van der Waals surface area contributed by atoms with E-state index < -0.39 is 0 Å². The molecule has 5 aromatic rings. The largest absolute Gasteiger partial charge is 0.383 e. The summed E-state index contributed by atoms with van der Waals surface area (Å²) in [7, 11) is 0. The molecule has 1 aliphatic rings. The Kier molecular flexibility index (Phi) is 4.45. The number of ketones is 1. The third-order valence-electron chi connectivity index (χ3n) is 6.27. The molecule has 2 aromatic carbocycles. The Labute approximate surface area is 196 Å². The van der Waals surface area contributed by atoms with Crippen LogP contribution in [0.15, 0.2) is 66.5 Å². The summed E-state index contributed by atoms with van der Waals surface area (Å²) in [6.07, 6.45) is 5.94. The molecule has 3 aromatic heterocycles. The van der Waals surface area contributed by atoms with Crippen LogP contribution in [-0.4, -0.2) is 30.5 Å². The molecule has 7 heteroatoms. The number of nitrogens with zero attached hydrogens (tertiary/aromatic N) is 4. The lowest BCUT2D eigenvalue weighted by molar-refractivity contribution is 0.103. The van der Waals surface area contributed by atoms with Crippen molar-refractivity contribution in [3.63, 3.8) is 0 Å². The minimum atomic E-state index is -0.100. The van der Waals surface area contributed by atoms with Gasteiger partial charge in [-0.1, -0.05) is 24.3 Å². The van der Waals surface area contributed by atoms with E-state index in [2.05, 4.69) is 44.3 Å². The van der Waals surface area contributed by atoms with E-state index in [-0.39, 0.29) is 5.78 Å². The first kappa shape index (κ1) is 20.1. The maximum atomic E-state index is 13.4. The molecule has 1 aliphatic carbocycles. The van der Waals surface area contributed by atoms with Crippen LogP contribution in [0.1, 0.15) is 33.0 Å². The van der Waals surface area contributed by atoms with E-state index in [1.807, 2.05) is 50.4 Å². The van der Waals surface area contributed by atoms with E-state index in [1.54, 1.807) is 10.9 Å². The fourth-order valence-corrected chi connectivity index (χ4v) is 4.48. The van der Waals surface area contributed by atoms with Crippen molar-refractivity contribution in [2.75, 3.05) is 5.73 Å². The summed E-state index contributed by atoms with van der Waals surface area (Å²) in [4.78, 5) is 25.4. The zero-order valence-corrected chi connectivity index (χ0v) is 18.8. The van der Waals surface area contributed by atoms with Crippen LogP contribution in [0.5, 0.6) is 0 Å². The number of nitrogens with two attached hydrogens (primary N) is 1. The van der Waals surface area contributed by atoms with Crippen LogP contribution in [0, 0.1) is 13.8 Å². The highest BCUT2D eigenvalue weighted by molar-refractivity contribution is 6.15. The molecule has 0 aliphatic heterocycles. The Bertz CT molecular complexity index is 1620. The molecular weight excluding hydrogens is 424 g/mol. The summed E-state index contributed by atoms with van der Waals surface area (Å²) >= 11 is 0. The van der Waals surface area contributed by atoms with Crippen molar-refractivity contribution in [2.45, 2.75) is 20.3 Å². The third kappa shape index (κ3) is 3.29. The SMILES string of the molecule is Cc1ccc(-c2ccc3c(c2)CC(C(=O)c2cnn(-c4ccc5nc(C)[nH]c5c4)c2N)=C3)cn1. The smallest absolute Gasteiger partial charge is 0.194 e. The number of rotatable bonds is 4. The number of fused-ring (bicyclic) bond motifs is 2. The van der Waals surface area contributed by atoms with Gasteiger partial charge >= 0.3 is 0 Å². The van der Waals surface area contributed by atoms with Crippen molar-refractivity contribution >= 4 is 28.7 Å². The van der Waals surface area contributed by atoms with E-state index in [0.29, 0.717) is 23.4 Å². The maximum Gasteiger partial charge on any atom is 0.194 e. The van der Waals surface area contributed by atoms with Crippen molar-refractivity contribution in [1.29, 1.82) is 0 Å². The standard InChI is InChI=1S/C27H22N6O/c1-15-3-4-19(13-29-15)17-5-6-18-10-21(11-20(18)9-17)26(34)23-14-30-33(27(23)28)22-7-8-24-25(12-22)32-16(2)31-24/h3-10,12-14H,11,28H2,1-2H3,(H,31,32). The van der Waals surface area contributed by atoms with Crippen LogP contribution >= 0.6 is 0 Å². The lowest BCUT2D eigenvalue weighted by Crippen LogP contribution is -2.08. The van der Waals surface area contributed by atoms with Gasteiger partial charge in [-0.2, -0.15) is 5.10 Å². The van der Waals surface area contributed by atoms with Gasteiger partial charge in [-0.3, -0.25) is 9.78 Å². The molecule has 3 heterocycles. The number of nitrogen functional groups attached to an aromatic ring is 1. The molecule has 0 spiro atoms. The molecular formula is C27H22N6O. The first-order valence-corrected chi connectivity index (χ1v) is 11.1. The quantitative estimate of drug-likeness (QED) is 0.385. The average Bonchev–Trinajstić information content (AvgIpc) is 3.53. The van der Waals surface area contributed by atoms with Crippen LogP contribution in [0.2, 0.25) is 0 Å². The molecule has 0 bridgehead atoms. The number of allylic oxidation sites excluding steroid dienone is 1. The number of hydrogen-bond donors (Lipinski definition) is 2. The molecule has 0 atom stereocenters. The molecule has 166 valence electrons. The molecule has 3 N–H and O–H groups in total. The summed E-state index contributed by atoms with van der Waals surface area (Å²) in [6, 6.07) is 16.1. The lowest BCUT2D eigenvalue weighted by atomic mass is 10.00. The number of hydrogen-bond acceptors (Lipinski definition) is 5. The summed E-state index contributed by atoms with van der Waals surface area (Å²) in [5, 5.41) is 4.40. The fraction of sp³-hybridized carbons (Fsp3) is 0.111. The first-order chi connectivity index (χ1) is 16.5. The van der Waals surface area contributed by atoms with Crippen LogP contribution in [0.4, 0.5) is 5.82 Å². The second-order valence-corrected chi connectivity index (χ2v) is 8.66. The number of anilines is 1. The van der Waals surface area contributed by atoms with Gasteiger partial charge in [0.2, 0.25) is 0 Å². The number of aryl methyl sites for hydroxylation is 2. The Balaban J connectivity index is 1.27. The van der Waals surface area contributed by atoms with Gasteiger partial charge in [-0.15, -0.1) is 0 Å². The van der Waals surface area contributed by atoms with Gasteiger partial charge in [0.15, 0.2) is 5.78 Å². The molecule has 0 fully saturated rings. The van der Waals surface area contributed by atoms with Crippen LogP contribution < -0.4 is 5.73 Å². The number of pyridine rings is 1. The van der Waals surface area contributed by atoms with E-state index >= 15 is 0 Å². The number of carbonyl (C=O) groups is 1. The van der Waals surface area contributed by atoms with Crippen LogP contribution in [0.3, 0.4) is 0 Å². The van der Waals surface area contributed by atoms with Gasteiger partial charge in [-0.05, 0) is 60.9 Å². The summed E-state index contributed by atoms with van der Waals surface area (Å²) in [6.45, 7) is 3.88. The molecule has 34 heavy (non-hydrogen) atoms. The average molecular weight is 447 g/mol. The predicted molar refractivity (Wildman–Crippen MR) is 133 cm³/mol. The highest BCUT2D eigenvalue weighted by Gasteiger charge is 2.24. The van der Waals surface area contributed by atoms with Crippen molar-refractivity contribution in [3.05, 3.63) is 94.7 Å². The van der Waals surface area contributed by atoms with E-state index in [9.17, 15) is 4.79 Å². The molecule has 0 saturated carbocycles. The molecule has 7 nitrogen and oxygen atoms in total. The Morgan fingerprint density at radius 1 is 1.03 bits per heavy atom. The predicted octanol–water partition coefficient (Wildman–Crippen LogP) is 4.83. The number of H-pyrrole nitrogens is 1. The van der Waals surface area contributed by atoms with Crippen molar-refractivity contribution in [2.24, 2.45) is 0 Å². The summed E-state index contributed by atoms with van der Waals surface area (Å²) in [5.41, 5.74) is 15.3. The van der Waals surface area contributed by atoms with E-state index in [1.165, 1.54) is 0 Å². The molecule has 0 unspecified atom stereocenters.